The Balaban J connectivity index is 1.57. The molecule has 0 unspecified atom stereocenters. The van der Waals surface area contributed by atoms with Crippen LogP contribution < -0.4 is 19.1 Å². The second-order valence-electron chi connectivity index (χ2n) is 11.5. The van der Waals surface area contributed by atoms with Crippen molar-refractivity contribution >= 4 is 39.1 Å². The molecule has 0 spiro atoms. The van der Waals surface area contributed by atoms with Crippen molar-refractivity contribution in [3.63, 3.8) is 0 Å². The molecule has 1 aliphatic rings. The van der Waals surface area contributed by atoms with E-state index in [1.54, 1.807) is 24.3 Å². The predicted octanol–water partition coefficient (Wildman–Crippen LogP) is 6.00. The second-order valence-corrected chi connectivity index (χ2v) is 13.8. The van der Waals surface area contributed by atoms with Crippen LogP contribution in [0.5, 0.6) is 11.5 Å². The molecular weight excluding hydrogens is 657 g/mol. The number of sulfonamides is 1. The first kappa shape index (κ1) is 34.7. The van der Waals surface area contributed by atoms with Crippen molar-refractivity contribution in [1.82, 2.24) is 10.2 Å². The van der Waals surface area contributed by atoms with Gasteiger partial charge in [0.05, 0.1) is 10.6 Å². The molecule has 0 aliphatic carbocycles. The first-order valence-electron chi connectivity index (χ1n) is 15.6. The lowest BCUT2D eigenvalue weighted by Crippen LogP contribution is -2.54. The van der Waals surface area contributed by atoms with Crippen LogP contribution >= 0.6 is 11.6 Å². The summed E-state index contributed by atoms with van der Waals surface area (Å²) >= 11 is 6.14. The van der Waals surface area contributed by atoms with Crippen molar-refractivity contribution in [2.75, 3.05) is 24.1 Å². The van der Waals surface area contributed by atoms with Crippen LogP contribution in [-0.4, -0.2) is 57.0 Å². The number of amides is 2. The highest BCUT2D eigenvalue weighted by Crippen LogP contribution is 2.34. The summed E-state index contributed by atoms with van der Waals surface area (Å²) in [5.41, 5.74) is 1.56. The number of fused-ring (bicyclic) bond motifs is 1. The quantitative estimate of drug-likeness (QED) is 0.184. The summed E-state index contributed by atoms with van der Waals surface area (Å²) in [6.45, 7) is 3.70. The van der Waals surface area contributed by atoms with E-state index < -0.39 is 34.3 Å². The molecule has 5 rings (SSSR count). The van der Waals surface area contributed by atoms with Gasteiger partial charge in [0.15, 0.2) is 11.5 Å². The molecule has 4 aromatic carbocycles. The molecule has 0 saturated heterocycles. The standard InChI is InChI=1S/C36H37ClFN3O6S/c1-3-25(2)39-36(43)32(21-26-7-5-4-6-8-26)40(23-27-9-11-28(37)12-10-27)35(42)24-41(30-15-13-29(38)14-16-30)48(44,45)31-17-18-33-34(22-31)47-20-19-46-33/h4-18,22,25,32H,3,19-21,23-24H2,1-2H3,(H,39,43)/t25-,32-/m0/s1. The summed E-state index contributed by atoms with van der Waals surface area (Å²) < 4.78 is 54.7. The number of nitrogens with one attached hydrogen (secondary N) is 1. The Morgan fingerprint density at radius 2 is 1.56 bits per heavy atom. The van der Waals surface area contributed by atoms with Crippen molar-refractivity contribution in [2.45, 2.75) is 50.2 Å². The minimum atomic E-state index is -4.43. The number of carbonyl (C=O) groups excluding carboxylic acids is 2. The van der Waals surface area contributed by atoms with Crippen molar-refractivity contribution in [1.29, 1.82) is 0 Å². The van der Waals surface area contributed by atoms with E-state index in [2.05, 4.69) is 5.32 Å². The summed E-state index contributed by atoms with van der Waals surface area (Å²) in [5, 5.41) is 3.50. The van der Waals surface area contributed by atoms with Crippen molar-refractivity contribution in [2.24, 2.45) is 0 Å². The average Bonchev–Trinajstić information content (AvgIpc) is 3.10. The highest BCUT2D eigenvalue weighted by Gasteiger charge is 2.35. The van der Waals surface area contributed by atoms with E-state index in [9.17, 15) is 22.4 Å². The number of rotatable bonds is 13. The molecule has 4 aromatic rings. The Hall–Kier alpha value is -4.61. The van der Waals surface area contributed by atoms with Crippen LogP contribution in [0, 0.1) is 5.82 Å². The molecule has 0 bridgehead atoms. The van der Waals surface area contributed by atoms with E-state index in [4.69, 9.17) is 21.1 Å². The Bertz CT molecular complexity index is 1830. The smallest absolute Gasteiger partial charge is 0.264 e. The van der Waals surface area contributed by atoms with Gasteiger partial charge in [0.1, 0.15) is 31.6 Å². The molecule has 0 radical (unpaired) electrons. The van der Waals surface area contributed by atoms with Gasteiger partial charge in [0, 0.05) is 30.1 Å². The van der Waals surface area contributed by atoms with Crippen LogP contribution in [0.15, 0.2) is 102 Å². The lowest BCUT2D eigenvalue weighted by atomic mass is 10.0. The van der Waals surface area contributed by atoms with E-state index in [1.807, 2.05) is 44.2 Å². The Labute approximate surface area is 285 Å². The molecule has 1 heterocycles. The van der Waals surface area contributed by atoms with Gasteiger partial charge in [0.25, 0.3) is 10.0 Å². The number of anilines is 1. The summed E-state index contributed by atoms with van der Waals surface area (Å²) in [7, 11) is -4.43. The van der Waals surface area contributed by atoms with Crippen molar-refractivity contribution < 1.29 is 31.9 Å². The molecule has 0 saturated carbocycles. The zero-order valence-corrected chi connectivity index (χ0v) is 28.2. The molecular formula is C36H37ClFN3O6S. The van der Waals surface area contributed by atoms with Crippen LogP contribution in [0.4, 0.5) is 10.1 Å². The van der Waals surface area contributed by atoms with Crippen LogP contribution in [0.25, 0.3) is 0 Å². The largest absolute Gasteiger partial charge is 0.486 e. The molecule has 0 fully saturated rings. The maximum absolute atomic E-state index is 14.6. The van der Waals surface area contributed by atoms with Gasteiger partial charge in [-0.2, -0.15) is 0 Å². The predicted molar refractivity (Wildman–Crippen MR) is 182 cm³/mol. The third kappa shape index (κ3) is 8.45. The SMILES string of the molecule is CC[C@H](C)NC(=O)[C@H](Cc1ccccc1)N(Cc1ccc(Cl)cc1)C(=O)CN(c1ccc(F)cc1)S(=O)(=O)c1ccc2c(c1)OCCO2. The molecule has 1 N–H and O–H groups in total. The van der Waals surface area contributed by atoms with E-state index >= 15 is 0 Å². The van der Waals surface area contributed by atoms with E-state index in [0.717, 1.165) is 22.0 Å². The van der Waals surface area contributed by atoms with Gasteiger partial charge in [-0.05, 0) is 73.0 Å². The number of hydrogen-bond donors (Lipinski definition) is 1. The van der Waals surface area contributed by atoms with Crippen LogP contribution in [0.2, 0.25) is 5.02 Å². The first-order valence-corrected chi connectivity index (χ1v) is 17.4. The molecule has 12 heteroatoms. The molecule has 1 aliphatic heterocycles. The number of halogens is 2. The van der Waals surface area contributed by atoms with Crippen LogP contribution in [0.1, 0.15) is 31.4 Å². The molecule has 2 atom stereocenters. The maximum atomic E-state index is 14.6. The van der Waals surface area contributed by atoms with Crippen molar-refractivity contribution in [3.8, 4) is 11.5 Å². The summed E-state index contributed by atoms with van der Waals surface area (Å²) in [4.78, 5) is 29.7. The number of hydrogen-bond acceptors (Lipinski definition) is 6. The van der Waals surface area contributed by atoms with Gasteiger partial charge in [-0.15, -0.1) is 0 Å². The van der Waals surface area contributed by atoms with Gasteiger partial charge in [0.2, 0.25) is 11.8 Å². The van der Waals surface area contributed by atoms with Gasteiger partial charge < -0.3 is 19.7 Å². The first-order chi connectivity index (χ1) is 23.0. The second kappa shape index (κ2) is 15.5. The van der Waals surface area contributed by atoms with Gasteiger partial charge >= 0.3 is 0 Å². The number of ether oxygens (including phenoxy) is 2. The fraction of sp³-hybridized carbons (Fsp3) is 0.278. The monoisotopic (exact) mass is 693 g/mol. The Morgan fingerprint density at radius 1 is 0.896 bits per heavy atom. The van der Waals surface area contributed by atoms with Crippen molar-refractivity contribution in [3.05, 3.63) is 119 Å². The molecule has 9 nitrogen and oxygen atoms in total. The highest BCUT2D eigenvalue weighted by molar-refractivity contribution is 7.92. The van der Waals surface area contributed by atoms with E-state index in [-0.39, 0.29) is 47.9 Å². The lowest BCUT2D eigenvalue weighted by Gasteiger charge is -2.34. The molecule has 2 amide bonds. The van der Waals surface area contributed by atoms with Crippen LogP contribution in [-0.2, 0) is 32.6 Å². The minimum Gasteiger partial charge on any atom is -0.486 e. The van der Waals surface area contributed by atoms with E-state index in [0.29, 0.717) is 29.4 Å². The third-order valence-electron chi connectivity index (χ3n) is 8.03. The summed E-state index contributed by atoms with van der Waals surface area (Å²) in [6, 6.07) is 24.0. The summed E-state index contributed by atoms with van der Waals surface area (Å²) in [6.07, 6.45) is 0.842. The number of carbonyl (C=O) groups is 2. The van der Waals surface area contributed by atoms with Gasteiger partial charge in [-0.3, -0.25) is 13.9 Å². The third-order valence-corrected chi connectivity index (χ3v) is 10.1. The summed E-state index contributed by atoms with van der Waals surface area (Å²) in [5.74, 6) is -0.943. The average molecular weight is 694 g/mol. The number of nitrogens with zero attached hydrogens (tertiary/aromatic N) is 2. The normalized spacial score (nSPS) is 13.7. The minimum absolute atomic E-state index is 0.0112. The number of benzene rings is 4. The Morgan fingerprint density at radius 3 is 2.23 bits per heavy atom. The zero-order chi connectivity index (χ0) is 34.3. The highest BCUT2D eigenvalue weighted by atomic mass is 35.5. The Kier molecular flexibility index (Phi) is 11.2. The van der Waals surface area contributed by atoms with E-state index in [1.165, 1.54) is 35.2 Å². The molecule has 252 valence electrons. The van der Waals surface area contributed by atoms with Gasteiger partial charge in [-0.25, -0.2) is 12.8 Å². The maximum Gasteiger partial charge on any atom is 0.264 e. The molecule has 0 aromatic heterocycles. The zero-order valence-electron chi connectivity index (χ0n) is 26.6. The topological polar surface area (TPSA) is 105 Å². The van der Waals surface area contributed by atoms with Crippen LogP contribution in [0.3, 0.4) is 0 Å². The molecule has 48 heavy (non-hydrogen) atoms. The fourth-order valence-corrected chi connectivity index (χ4v) is 6.79. The van der Waals surface area contributed by atoms with Gasteiger partial charge in [-0.1, -0.05) is 61.0 Å². The lowest BCUT2D eigenvalue weighted by molar-refractivity contribution is -0.140. The fourth-order valence-electron chi connectivity index (χ4n) is 5.23.